The molecular formula is C12H10BrN3O5. The number of likely N-dealkylation sites (N-methyl/N-ethyl adjacent to an activating group) is 1. The van der Waals surface area contributed by atoms with E-state index in [2.05, 4.69) is 21.2 Å². The first-order chi connectivity index (χ1) is 9.82. The second-order valence-electron chi connectivity index (χ2n) is 4.42. The van der Waals surface area contributed by atoms with Crippen LogP contribution in [-0.2, 0) is 9.59 Å². The topological polar surface area (TPSA) is 110 Å². The molecule has 0 spiro atoms. The Morgan fingerprint density at radius 1 is 1.48 bits per heavy atom. The van der Waals surface area contributed by atoms with E-state index in [1.165, 1.54) is 25.2 Å². The van der Waals surface area contributed by atoms with Gasteiger partial charge in [0.25, 0.3) is 17.5 Å². The molecule has 0 bridgehead atoms. The fraction of sp³-hybridized carbons (Fsp3) is 0.250. The molecule has 0 aromatic heterocycles. The van der Waals surface area contributed by atoms with Gasteiger partial charge in [0.15, 0.2) is 0 Å². The monoisotopic (exact) mass is 355 g/mol. The molecule has 8 nitrogen and oxygen atoms in total. The van der Waals surface area contributed by atoms with Gasteiger partial charge in [0.05, 0.1) is 16.9 Å². The van der Waals surface area contributed by atoms with Crippen LogP contribution in [0.15, 0.2) is 22.7 Å². The van der Waals surface area contributed by atoms with Crippen LogP contribution in [0.3, 0.4) is 0 Å². The molecule has 1 aliphatic rings. The zero-order valence-corrected chi connectivity index (χ0v) is 12.4. The summed E-state index contributed by atoms with van der Waals surface area (Å²) in [5.74, 6) is -1.55. The lowest BCUT2D eigenvalue weighted by Gasteiger charge is -2.11. The van der Waals surface area contributed by atoms with Crippen LogP contribution in [0.1, 0.15) is 16.8 Å². The van der Waals surface area contributed by atoms with Crippen LogP contribution >= 0.6 is 15.9 Å². The smallest absolute Gasteiger partial charge is 0.284 e. The van der Waals surface area contributed by atoms with Gasteiger partial charge in [-0.05, 0) is 22.0 Å². The molecule has 0 radical (unpaired) electrons. The van der Waals surface area contributed by atoms with E-state index in [4.69, 9.17) is 0 Å². The quantitative estimate of drug-likeness (QED) is 0.490. The molecule has 110 valence electrons. The molecule has 0 saturated carbocycles. The number of imide groups is 1. The van der Waals surface area contributed by atoms with Crippen molar-refractivity contribution in [3.8, 4) is 0 Å². The lowest BCUT2D eigenvalue weighted by atomic mass is 10.1. The van der Waals surface area contributed by atoms with E-state index in [0.29, 0.717) is 0 Å². The summed E-state index contributed by atoms with van der Waals surface area (Å²) in [6, 6.07) is 3.06. The normalized spacial score (nSPS) is 18.0. The molecule has 1 atom stereocenters. The lowest BCUT2D eigenvalue weighted by Crippen LogP contribution is -2.40. The predicted octanol–water partition coefficient (Wildman–Crippen LogP) is 0.844. The van der Waals surface area contributed by atoms with Crippen LogP contribution in [0.4, 0.5) is 5.69 Å². The van der Waals surface area contributed by atoms with E-state index in [1.807, 2.05) is 0 Å². The van der Waals surface area contributed by atoms with Crippen LogP contribution in [0.5, 0.6) is 0 Å². The molecule has 0 aliphatic carbocycles. The Balaban J connectivity index is 2.22. The van der Waals surface area contributed by atoms with Crippen LogP contribution in [-0.4, -0.2) is 40.6 Å². The lowest BCUT2D eigenvalue weighted by molar-refractivity contribution is -0.385. The molecule has 1 unspecified atom stereocenters. The van der Waals surface area contributed by atoms with Gasteiger partial charge in [-0.3, -0.25) is 29.4 Å². The van der Waals surface area contributed by atoms with E-state index in [-0.39, 0.29) is 28.1 Å². The van der Waals surface area contributed by atoms with Crippen molar-refractivity contribution in [1.82, 2.24) is 10.2 Å². The molecular weight excluding hydrogens is 346 g/mol. The third-order valence-electron chi connectivity index (χ3n) is 3.11. The van der Waals surface area contributed by atoms with Crippen molar-refractivity contribution in [2.75, 3.05) is 7.05 Å². The van der Waals surface area contributed by atoms with Crippen molar-refractivity contribution in [2.24, 2.45) is 0 Å². The molecule has 1 N–H and O–H groups in total. The van der Waals surface area contributed by atoms with Gasteiger partial charge in [-0.2, -0.15) is 0 Å². The number of nitrogens with zero attached hydrogens (tertiary/aromatic N) is 2. The molecule has 3 amide bonds. The Morgan fingerprint density at radius 2 is 2.14 bits per heavy atom. The number of hydrogen-bond donors (Lipinski definition) is 1. The zero-order chi connectivity index (χ0) is 15.7. The van der Waals surface area contributed by atoms with Crippen molar-refractivity contribution in [3.05, 3.63) is 38.3 Å². The number of hydrogen-bond acceptors (Lipinski definition) is 5. The summed E-state index contributed by atoms with van der Waals surface area (Å²) in [6.07, 6.45) is -0.117. The Hall–Kier alpha value is -2.29. The second kappa shape index (κ2) is 5.60. The molecule has 1 aromatic rings. The summed E-state index contributed by atoms with van der Waals surface area (Å²) in [4.78, 5) is 46.3. The number of nitrogens with one attached hydrogen (secondary N) is 1. The Labute approximate surface area is 127 Å². The van der Waals surface area contributed by atoms with Crippen molar-refractivity contribution < 1.29 is 19.3 Å². The van der Waals surface area contributed by atoms with Gasteiger partial charge in [0.1, 0.15) is 10.5 Å². The van der Waals surface area contributed by atoms with Gasteiger partial charge in [-0.15, -0.1) is 0 Å². The van der Waals surface area contributed by atoms with Gasteiger partial charge in [-0.25, -0.2) is 0 Å². The fourth-order valence-corrected chi connectivity index (χ4v) is 2.53. The average molecular weight is 356 g/mol. The summed E-state index contributed by atoms with van der Waals surface area (Å²) in [5.41, 5.74) is -0.229. The molecule has 21 heavy (non-hydrogen) atoms. The van der Waals surface area contributed by atoms with Gasteiger partial charge in [0, 0.05) is 13.1 Å². The molecule has 1 heterocycles. The summed E-state index contributed by atoms with van der Waals surface area (Å²) in [6.45, 7) is 0. The Morgan fingerprint density at radius 3 is 2.67 bits per heavy atom. The van der Waals surface area contributed by atoms with Gasteiger partial charge < -0.3 is 5.32 Å². The maximum absolute atomic E-state index is 12.1. The Bertz CT molecular complexity index is 660. The fourth-order valence-electron chi connectivity index (χ4n) is 1.94. The molecule has 1 fully saturated rings. The third kappa shape index (κ3) is 2.77. The molecule has 2 rings (SSSR count). The first kappa shape index (κ1) is 15.1. The third-order valence-corrected chi connectivity index (χ3v) is 3.94. The summed E-state index contributed by atoms with van der Waals surface area (Å²) < 4.78 is 0.0256. The maximum Gasteiger partial charge on any atom is 0.284 e. The molecule has 9 heteroatoms. The standard InChI is InChI=1S/C12H10BrN3O5/c1-15-9(17)5-7(12(15)19)14-11(18)6-3-2-4-8(10(6)13)16(20)21/h2-4,7H,5H2,1H3,(H,14,18). The highest BCUT2D eigenvalue weighted by Gasteiger charge is 2.37. The zero-order valence-electron chi connectivity index (χ0n) is 10.8. The first-order valence-electron chi connectivity index (χ1n) is 5.87. The van der Waals surface area contributed by atoms with Gasteiger partial charge in [-0.1, -0.05) is 6.07 Å². The second-order valence-corrected chi connectivity index (χ2v) is 5.21. The highest BCUT2D eigenvalue weighted by molar-refractivity contribution is 9.10. The van der Waals surface area contributed by atoms with Crippen LogP contribution in [0.25, 0.3) is 0 Å². The van der Waals surface area contributed by atoms with E-state index >= 15 is 0 Å². The van der Waals surface area contributed by atoms with E-state index in [0.717, 1.165) is 4.90 Å². The van der Waals surface area contributed by atoms with E-state index < -0.39 is 22.8 Å². The van der Waals surface area contributed by atoms with E-state index in [9.17, 15) is 24.5 Å². The molecule has 1 aliphatic heterocycles. The van der Waals surface area contributed by atoms with Crippen molar-refractivity contribution >= 4 is 39.3 Å². The number of likely N-dealkylation sites (tertiary alicyclic amines) is 1. The highest BCUT2D eigenvalue weighted by atomic mass is 79.9. The molecule has 1 aromatic carbocycles. The van der Waals surface area contributed by atoms with Crippen LogP contribution in [0, 0.1) is 10.1 Å². The SMILES string of the molecule is CN1C(=O)CC(NC(=O)c2cccc([N+](=O)[O-])c2Br)C1=O. The predicted molar refractivity (Wildman–Crippen MR) is 74.4 cm³/mol. The number of nitro benzene ring substituents is 1. The molecule has 1 saturated heterocycles. The van der Waals surface area contributed by atoms with Crippen LogP contribution < -0.4 is 5.32 Å². The Kier molecular flexibility index (Phi) is 4.03. The summed E-state index contributed by atoms with van der Waals surface area (Å²) in [5, 5.41) is 13.2. The highest BCUT2D eigenvalue weighted by Crippen LogP contribution is 2.28. The van der Waals surface area contributed by atoms with Gasteiger partial charge >= 0.3 is 0 Å². The van der Waals surface area contributed by atoms with Crippen molar-refractivity contribution in [1.29, 1.82) is 0 Å². The summed E-state index contributed by atoms with van der Waals surface area (Å²) in [7, 11) is 1.33. The first-order valence-corrected chi connectivity index (χ1v) is 6.66. The number of nitro groups is 1. The number of carbonyl (C=O) groups excluding carboxylic acids is 3. The number of rotatable bonds is 3. The minimum atomic E-state index is -0.943. The number of benzene rings is 1. The number of halogens is 1. The van der Waals surface area contributed by atoms with Crippen molar-refractivity contribution in [2.45, 2.75) is 12.5 Å². The summed E-state index contributed by atoms with van der Waals surface area (Å²) >= 11 is 3.01. The van der Waals surface area contributed by atoms with Gasteiger partial charge in [0.2, 0.25) is 5.91 Å². The minimum absolute atomic E-state index is 0.0256. The number of carbonyl (C=O) groups is 3. The van der Waals surface area contributed by atoms with E-state index in [1.54, 1.807) is 0 Å². The van der Waals surface area contributed by atoms with Crippen molar-refractivity contribution in [3.63, 3.8) is 0 Å². The minimum Gasteiger partial charge on any atom is -0.340 e. The number of amides is 3. The van der Waals surface area contributed by atoms with Crippen LogP contribution in [0.2, 0.25) is 0 Å². The average Bonchev–Trinajstić information content (AvgIpc) is 2.66. The largest absolute Gasteiger partial charge is 0.340 e. The maximum atomic E-state index is 12.1.